The van der Waals surface area contributed by atoms with Crippen molar-refractivity contribution < 1.29 is 9.59 Å². The molecule has 182 valence electrons. The predicted molar refractivity (Wildman–Crippen MR) is 149 cm³/mol. The Morgan fingerprint density at radius 3 is 2.23 bits per heavy atom. The van der Waals surface area contributed by atoms with Gasteiger partial charge in [-0.2, -0.15) is 0 Å². The Bertz CT molecular complexity index is 1250. The molecular formula is C28H31N3O2S2. The molecule has 1 heterocycles. The molecule has 4 N–H and O–H groups in total. The van der Waals surface area contributed by atoms with Crippen molar-refractivity contribution in [3.8, 4) is 0 Å². The smallest absolute Gasteiger partial charge is 0.248 e. The highest BCUT2D eigenvalue weighted by molar-refractivity contribution is 7.97. The SMILES string of the molecule is CC(C)(C)NSc1cccc2c(NC(=O)CCc3cccs3)cccc12.NC(=O)c1ccccc1. The number of nitrogens with one attached hydrogen (secondary N) is 2. The summed E-state index contributed by atoms with van der Waals surface area (Å²) in [6.07, 6.45) is 1.28. The lowest BCUT2D eigenvalue weighted by molar-refractivity contribution is -0.116. The minimum Gasteiger partial charge on any atom is -0.366 e. The molecule has 35 heavy (non-hydrogen) atoms. The van der Waals surface area contributed by atoms with E-state index in [-0.39, 0.29) is 17.4 Å². The molecular weight excluding hydrogens is 474 g/mol. The van der Waals surface area contributed by atoms with Crippen LogP contribution in [0.5, 0.6) is 0 Å². The van der Waals surface area contributed by atoms with E-state index in [0.29, 0.717) is 12.0 Å². The maximum Gasteiger partial charge on any atom is 0.248 e. The van der Waals surface area contributed by atoms with Crippen LogP contribution in [0.2, 0.25) is 0 Å². The molecule has 0 saturated heterocycles. The second-order valence-electron chi connectivity index (χ2n) is 8.97. The molecule has 0 bridgehead atoms. The van der Waals surface area contributed by atoms with Crippen molar-refractivity contribution in [1.82, 2.24) is 4.72 Å². The third-order valence-electron chi connectivity index (χ3n) is 4.86. The molecule has 0 aliphatic heterocycles. The second kappa shape index (κ2) is 12.5. The molecule has 1 aromatic heterocycles. The quantitative estimate of drug-likeness (QED) is 0.245. The minimum absolute atomic E-state index is 0.0282. The number of aryl methyl sites for hydroxylation is 1. The van der Waals surface area contributed by atoms with Crippen molar-refractivity contribution >= 4 is 51.6 Å². The fourth-order valence-corrected chi connectivity index (χ4v) is 4.75. The molecule has 0 spiro atoms. The molecule has 7 heteroatoms. The first kappa shape index (κ1) is 26.5. The average Bonchev–Trinajstić information content (AvgIpc) is 3.36. The van der Waals surface area contributed by atoms with E-state index in [1.54, 1.807) is 47.6 Å². The summed E-state index contributed by atoms with van der Waals surface area (Å²) in [4.78, 5) is 25.2. The monoisotopic (exact) mass is 505 g/mol. The van der Waals surface area contributed by atoms with E-state index in [1.807, 2.05) is 35.7 Å². The molecule has 0 radical (unpaired) electrons. The van der Waals surface area contributed by atoms with Crippen molar-refractivity contribution in [3.63, 3.8) is 0 Å². The van der Waals surface area contributed by atoms with E-state index in [9.17, 15) is 9.59 Å². The Balaban J connectivity index is 0.000000320. The number of carbonyl (C=O) groups excluding carboxylic acids is 2. The standard InChI is InChI=1S/C21H24N2OS2.C7H7NO/c1-21(2,3)23-26-19-11-5-8-16-17(19)9-4-10-18(16)22-20(24)13-12-15-7-6-14-25-15;8-7(9)6-4-2-1-3-5-6/h4-11,14,23H,12-13H2,1-3H3,(H,22,24);1-5H,(H2,8,9). The van der Waals surface area contributed by atoms with Crippen molar-refractivity contribution in [1.29, 1.82) is 0 Å². The van der Waals surface area contributed by atoms with Gasteiger partial charge in [0.2, 0.25) is 11.8 Å². The second-order valence-corrected chi connectivity index (χ2v) is 10.8. The molecule has 2 amide bonds. The van der Waals surface area contributed by atoms with Gasteiger partial charge >= 0.3 is 0 Å². The van der Waals surface area contributed by atoms with Gasteiger partial charge in [-0.3, -0.25) is 14.3 Å². The van der Waals surface area contributed by atoms with Crippen molar-refractivity contribution in [2.24, 2.45) is 5.73 Å². The lowest BCUT2D eigenvalue weighted by Crippen LogP contribution is -2.29. The molecule has 0 aliphatic rings. The Labute approximate surface area is 215 Å². The summed E-state index contributed by atoms with van der Waals surface area (Å²) in [5.74, 6) is -0.327. The van der Waals surface area contributed by atoms with E-state index >= 15 is 0 Å². The van der Waals surface area contributed by atoms with Gasteiger partial charge in [0.1, 0.15) is 0 Å². The summed E-state index contributed by atoms with van der Waals surface area (Å²) < 4.78 is 3.46. The topological polar surface area (TPSA) is 84.2 Å². The fourth-order valence-electron chi connectivity index (χ4n) is 3.19. The molecule has 4 rings (SSSR count). The number of fused-ring (bicyclic) bond motifs is 1. The number of primary amides is 1. The number of rotatable bonds is 7. The first-order chi connectivity index (χ1) is 16.7. The first-order valence-corrected chi connectivity index (χ1v) is 13.1. The van der Waals surface area contributed by atoms with Crippen LogP contribution in [0.4, 0.5) is 5.69 Å². The number of anilines is 1. The molecule has 0 atom stereocenters. The van der Waals surface area contributed by atoms with Crippen molar-refractivity contribution in [2.45, 2.75) is 44.0 Å². The van der Waals surface area contributed by atoms with E-state index < -0.39 is 0 Å². The van der Waals surface area contributed by atoms with Gasteiger partial charge in [0, 0.05) is 38.4 Å². The van der Waals surface area contributed by atoms with Crippen LogP contribution in [-0.2, 0) is 11.2 Å². The maximum atomic E-state index is 12.4. The van der Waals surface area contributed by atoms with Gasteiger partial charge in [-0.25, -0.2) is 0 Å². The highest BCUT2D eigenvalue weighted by Gasteiger charge is 2.12. The first-order valence-electron chi connectivity index (χ1n) is 11.4. The zero-order valence-corrected chi connectivity index (χ0v) is 21.8. The van der Waals surface area contributed by atoms with Gasteiger partial charge in [0.25, 0.3) is 0 Å². The summed E-state index contributed by atoms with van der Waals surface area (Å²) in [6, 6.07) is 25.1. The van der Waals surface area contributed by atoms with Gasteiger partial charge in [0.05, 0.1) is 0 Å². The Morgan fingerprint density at radius 1 is 0.886 bits per heavy atom. The molecule has 4 aromatic rings. The van der Waals surface area contributed by atoms with Crippen LogP contribution in [0.25, 0.3) is 10.8 Å². The number of hydrogen-bond acceptors (Lipinski definition) is 5. The molecule has 0 fully saturated rings. The van der Waals surface area contributed by atoms with Gasteiger partial charge in [-0.1, -0.05) is 48.5 Å². The molecule has 3 aromatic carbocycles. The van der Waals surface area contributed by atoms with Crippen LogP contribution in [-0.4, -0.2) is 17.4 Å². The van der Waals surface area contributed by atoms with Crippen LogP contribution in [0, 0.1) is 0 Å². The highest BCUT2D eigenvalue weighted by Crippen LogP contribution is 2.31. The fraction of sp³-hybridized carbons (Fsp3) is 0.214. The number of thiophene rings is 1. The van der Waals surface area contributed by atoms with Crippen molar-refractivity contribution in [3.05, 3.63) is 94.7 Å². The number of hydrogen-bond donors (Lipinski definition) is 3. The number of carbonyl (C=O) groups is 2. The summed E-state index contributed by atoms with van der Waals surface area (Å²) in [5.41, 5.74) is 6.43. The van der Waals surface area contributed by atoms with E-state index in [4.69, 9.17) is 5.73 Å². The van der Waals surface area contributed by atoms with E-state index in [0.717, 1.165) is 27.8 Å². The van der Waals surface area contributed by atoms with E-state index in [2.05, 4.69) is 55.1 Å². The third-order valence-corrected chi connectivity index (χ3v) is 7.09. The zero-order valence-electron chi connectivity index (χ0n) is 20.2. The van der Waals surface area contributed by atoms with Gasteiger partial charge < -0.3 is 11.1 Å². The van der Waals surface area contributed by atoms with Gasteiger partial charge in [-0.15, -0.1) is 11.3 Å². The third kappa shape index (κ3) is 8.55. The van der Waals surface area contributed by atoms with Crippen molar-refractivity contribution in [2.75, 3.05) is 5.32 Å². The Kier molecular flexibility index (Phi) is 9.48. The predicted octanol–water partition coefficient (Wildman–Crippen LogP) is 6.65. The van der Waals surface area contributed by atoms with Crippen LogP contribution in [0.1, 0.15) is 42.4 Å². The summed E-state index contributed by atoms with van der Waals surface area (Å²) >= 11 is 3.33. The minimum atomic E-state index is -0.379. The molecule has 0 aliphatic carbocycles. The number of nitrogens with two attached hydrogens (primary N) is 1. The lowest BCUT2D eigenvalue weighted by atomic mass is 10.1. The Morgan fingerprint density at radius 2 is 1.60 bits per heavy atom. The van der Waals surface area contributed by atoms with Gasteiger partial charge in [0.15, 0.2) is 0 Å². The zero-order chi connectivity index (χ0) is 25.3. The van der Waals surface area contributed by atoms with Crippen LogP contribution >= 0.6 is 23.3 Å². The number of amides is 2. The van der Waals surface area contributed by atoms with E-state index in [1.165, 1.54) is 4.88 Å². The maximum absolute atomic E-state index is 12.4. The van der Waals surface area contributed by atoms with Crippen LogP contribution < -0.4 is 15.8 Å². The normalized spacial score (nSPS) is 10.9. The summed E-state index contributed by atoms with van der Waals surface area (Å²) in [6.45, 7) is 6.43. The summed E-state index contributed by atoms with van der Waals surface area (Å²) in [7, 11) is 0. The molecule has 5 nitrogen and oxygen atoms in total. The lowest BCUT2D eigenvalue weighted by Gasteiger charge is -2.20. The van der Waals surface area contributed by atoms with Crippen LogP contribution in [0.15, 0.2) is 89.1 Å². The van der Waals surface area contributed by atoms with Gasteiger partial charge in [-0.05, 0) is 80.2 Å². The number of benzene rings is 3. The highest BCUT2D eigenvalue weighted by atomic mass is 32.2. The Hall–Kier alpha value is -3.13. The largest absolute Gasteiger partial charge is 0.366 e. The molecule has 0 unspecified atom stereocenters. The average molecular weight is 506 g/mol. The van der Waals surface area contributed by atoms with Crippen LogP contribution in [0.3, 0.4) is 0 Å². The molecule has 0 saturated carbocycles. The summed E-state index contributed by atoms with van der Waals surface area (Å²) in [5, 5.41) is 7.34.